The molecule has 0 saturated carbocycles. The molecule has 0 radical (unpaired) electrons. The molecule has 1 atom stereocenters. The summed E-state index contributed by atoms with van der Waals surface area (Å²) >= 11 is 7.01. The number of nitrogens with zero attached hydrogens (tertiary/aromatic N) is 3. The minimum atomic E-state index is -0.0126. The molecule has 3 aromatic rings. The van der Waals surface area contributed by atoms with E-state index in [1.807, 2.05) is 78.5 Å². The van der Waals surface area contributed by atoms with Crippen molar-refractivity contribution in [1.29, 1.82) is 0 Å². The first-order valence-corrected chi connectivity index (χ1v) is 13.9. The van der Waals surface area contributed by atoms with Crippen molar-refractivity contribution in [2.24, 2.45) is 5.92 Å². The van der Waals surface area contributed by atoms with E-state index in [4.69, 9.17) is 22.1 Å². The number of aromatic nitrogens is 2. The third-order valence-electron chi connectivity index (χ3n) is 6.33. The van der Waals surface area contributed by atoms with Gasteiger partial charge in [-0.15, -0.1) is 0 Å². The van der Waals surface area contributed by atoms with E-state index < -0.39 is 0 Å². The van der Waals surface area contributed by atoms with E-state index in [0.717, 1.165) is 47.5 Å². The van der Waals surface area contributed by atoms with E-state index >= 15 is 0 Å². The van der Waals surface area contributed by atoms with E-state index in [1.165, 1.54) is 18.2 Å². The highest BCUT2D eigenvalue weighted by atomic mass is 32.2. The molecule has 0 aliphatic carbocycles. The Morgan fingerprint density at radius 3 is 2.64 bits per heavy atom. The lowest BCUT2D eigenvalue weighted by Crippen LogP contribution is -2.33. The van der Waals surface area contributed by atoms with Crippen LogP contribution in [0.5, 0.6) is 5.75 Å². The Balaban J connectivity index is 1.69. The second kappa shape index (κ2) is 12.4. The van der Waals surface area contributed by atoms with E-state index in [2.05, 4.69) is 13.8 Å². The monoisotopic (exact) mass is 519 g/mol. The Hall–Kier alpha value is -2.90. The average Bonchev–Trinajstić information content (AvgIpc) is 3.43. The second-order valence-corrected chi connectivity index (χ2v) is 10.6. The van der Waals surface area contributed by atoms with Gasteiger partial charge in [0.2, 0.25) is 0 Å². The van der Waals surface area contributed by atoms with Crippen LogP contribution in [0.1, 0.15) is 52.0 Å². The maximum atomic E-state index is 13.4. The lowest BCUT2D eigenvalue weighted by molar-refractivity contribution is -0.122. The highest BCUT2D eigenvalue weighted by molar-refractivity contribution is 8.26. The third kappa shape index (κ3) is 6.08. The number of hydrogen-bond acceptors (Lipinski definition) is 5. The van der Waals surface area contributed by atoms with Gasteiger partial charge in [0.05, 0.1) is 17.2 Å². The van der Waals surface area contributed by atoms with Crippen molar-refractivity contribution in [1.82, 2.24) is 14.7 Å². The van der Waals surface area contributed by atoms with Gasteiger partial charge in [0.15, 0.2) is 0 Å². The molecule has 1 aliphatic rings. The van der Waals surface area contributed by atoms with Crippen LogP contribution in [0.4, 0.5) is 0 Å². The lowest BCUT2D eigenvalue weighted by Gasteiger charge is -2.21. The Kier molecular flexibility index (Phi) is 8.99. The summed E-state index contributed by atoms with van der Waals surface area (Å²) in [6, 6.07) is 17.9. The number of hydrogen-bond donors (Lipinski definition) is 0. The van der Waals surface area contributed by atoms with Crippen LogP contribution in [-0.4, -0.2) is 38.1 Å². The maximum absolute atomic E-state index is 13.4. The molecule has 1 saturated heterocycles. The Bertz CT molecular complexity index is 1240. The van der Waals surface area contributed by atoms with Crippen molar-refractivity contribution in [3.63, 3.8) is 0 Å². The van der Waals surface area contributed by atoms with Crippen LogP contribution < -0.4 is 4.74 Å². The van der Waals surface area contributed by atoms with Gasteiger partial charge in [-0.25, -0.2) is 4.68 Å². The second-order valence-electron chi connectivity index (χ2n) is 8.88. The first kappa shape index (κ1) is 26.2. The molecule has 1 aliphatic heterocycles. The Morgan fingerprint density at radius 2 is 1.92 bits per heavy atom. The first-order valence-electron chi connectivity index (χ1n) is 12.7. The van der Waals surface area contributed by atoms with Crippen molar-refractivity contribution in [3.05, 3.63) is 71.3 Å². The summed E-state index contributed by atoms with van der Waals surface area (Å²) in [5.41, 5.74) is 3.54. The molecule has 4 rings (SSSR count). The van der Waals surface area contributed by atoms with Crippen molar-refractivity contribution < 1.29 is 9.53 Å². The van der Waals surface area contributed by atoms with Crippen LogP contribution in [0, 0.1) is 5.92 Å². The van der Waals surface area contributed by atoms with E-state index in [9.17, 15) is 4.79 Å². The van der Waals surface area contributed by atoms with E-state index in [0.29, 0.717) is 28.3 Å². The highest BCUT2D eigenvalue weighted by Crippen LogP contribution is 2.36. The molecular formula is C29H33N3O2S2. The zero-order valence-electron chi connectivity index (χ0n) is 21.1. The largest absolute Gasteiger partial charge is 0.494 e. The number of thioether (sulfide) groups is 1. The Labute approximate surface area is 223 Å². The molecule has 1 unspecified atom stereocenters. The van der Waals surface area contributed by atoms with Gasteiger partial charge >= 0.3 is 0 Å². The predicted octanol–water partition coefficient (Wildman–Crippen LogP) is 7.36. The van der Waals surface area contributed by atoms with E-state index in [1.54, 1.807) is 4.90 Å². The molecule has 2 aromatic carbocycles. The van der Waals surface area contributed by atoms with Gasteiger partial charge in [-0.2, -0.15) is 5.10 Å². The quantitative estimate of drug-likeness (QED) is 0.196. The SMILES string of the molecule is CCCCC(CC)CN1C(=O)/C(=C/c2cn(-c3ccccc3)nc2-c2cccc(OCC)c2)SC1=S. The molecule has 0 N–H and O–H groups in total. The van der Waals surface area contributed by atoms with Gasteiger partial charge in [-0.3, -0.25) is 9.69 Å². The van der Waals surface area contributed by atoms with Gasteiger partial charge < -0.3 is 4.74 Å². The van der Waals surface area contributed by atoms with Gasteiger partial charge in [0.1, 0.15) is 15.8 Å². The topological polar surface area (TPSA) is 47.4 Å². The number of benzene rings is 2. The van der Waals surface area contributed by atoms with E-state index in [-0.39, 0.29) is 5.91 Å². The van der Waals surface area contributed by atoms with Gasteiger partial charge in [0.25, 0.3) is 5.91 Å². The molecule has 1 amide bonds. The normalized spacial score (nSPS) is 15.6. The van der Waals surface area contributed by atoms with Crippen LogP contribution in [0.2, 0.25) is 0 Å². The fourth-order valence-corrected chi connectivity index (χ4v) is 5.57. The van der Waals surface area contributed by atoms with Crippen molar-refractivity contribution in [2.45, 2.75) is 46.5 Å². The predicted molar refractivity (Wildman–Crippen MR) is 153 cm³/mol. The van der Waals surface area contributed by atoms with Crippen LogP contribution in [0.15, 0.2) is 65.7 Å². The molecule has 0 spiro atoms. The fourth-order valence-electron chi connectivity index (χ4n) is 4.30. The summed E-state index contributed by atoms with van der Waals surface area (Å²) in [7, 11) is 0. The molecule has 1 aromatic heterocycles. The molecule has 5 nitrogen and oxygen atoms in total. The van der Waals surface area contributed by atoms with Crippen molar-refractivity contribution >= 4 is 40.3 Å². The number of thiocarbonyl (C=S) groups is 1. The van der Waals surface area contributed by atoms with Gasteiger partial charge in [-0.05, 0) is 49.6 Å². The number of carbonyl (C=O) groups is 1. The zero-order chi connectivity index (χ0) is 25.5. The number of carbonyl (C=O) groups excluding carboxylic acids is 1. The van der Waals surface area contributed by atoms with Crippen molar-refractivity contribution in [2.75, 3.05) is 13.2 Å². The smallest absolute Gasteiger partial charge is 0.266 e. The lowest BCUT2D eigenvalue weighted by atomic mass is 9.99. The third-order valence-corrected chi connectivity index (χ3v) is 7.70. The minimum absolute atomic E-state index is 0.0126. The molecule has 7 heteroatoms. The number of para-hydroxylation sites is 1. The molecule has 188 valence electrons. The number of amides is 1. The molecule has 0 bridgehead atoms. The van der Waals surface area contributed by atoms with Crippen LogP contribution in [-0.2, 0) is 4.79 Å². The van der Waals surface area contributed by atoms with Crippen LogP contribution in [0.25, 0.3) is 23.0 Å². The number of ether oxygens (including phenoxy) is 1. The van der Waals surface area contributed by atoms with Crippen molar-refractivity contribution in [3.8, 4) is 22.7 Å². The van der Waals surface area contributed by atoms with Gasteiger partial charge in [-0.1, -0.05) is 87.4 Å². The molecular weight excluding hydrogens is 486 g/mol. The zero-order valence-corrected chi connectivity index (χ0v) is 22.8. The number of unbranched alkanes of at least 4 members (excludes halogenated alkanes) is 1. The minimum Gasteiger partial charge on any atom is -0.494 e. The van der Waals surface area contributed by atoms with Crippen LogP contribution in [0.3, 0.4) is 0 Å². The summed E-state index contributed by atoms with van der Waals surface area (Å²) in [5, 5.41) is 4.90. The molecule has 1 fully saturated rings. The van der Waals surface area contributed by atoms with Gasteiger partial charge in [0, 0.05) is 23.9 Å². The fraction of sp³-hybridized carbons (Fsp3) is 0.345. The molecule has 36 heavy (non-hydrogen) atoms. The first-order chi connectivity index (χ1) is 17.5. The summed E-state index contributed by atoms with van der Waals surface area (Å²) in [5.74, 6) is 1.24. The summed E-state index contributed by atoms with van der Waals surface area (Å²) in [4.78, 5) is 15.8. The summed E-state index contributed by atoms with van der Waals surface area (Å²) in [6.45, 7) is 7.63. The Morgan fingerprint density at radius 1 is 1.11 bits per heavy atom. The highest BCUT2D eigenvalue weighted by Gasteiger charge is 2.33. The summed E-state index contributed by atoms with van der Waals surface area (Å²) in [6.07, 6.45) is 8.40. The summed E-state index contributed by atoms with van der Waals surface area (Å²) < 4.78 is 8.21. The molecule has 2 heterocycles. The number of rotatable bonds is 11. The maximum Gasteiger partial charge on any atom is 0.266 e. The van der Waals surface area contributed by atoms with Crippen LogP contribution >= 0.6 is 24.0 Å². The standard InChI is InChI=1S/C29H33N3O2S2/c1-4-7-12-21(5-2)19-31-28(33)26(36-29(31)35)18-23-20-32(24-14-9-8-10-15-24)30-27(23)22-13-11-16-25(17-22)34-6-3/h8-11,13-18,20-21H,4-7,12,19H2,1-3H3/b26-18-. The average molecular weight is 520 g/mol.